The number of piperidine rings is 1. The van der Waals surface area contributed by atoms with Gasteiger partial charge in [0, 0.05) is 25.2 Å². The number of nitrogens with one attached hydrogen (secondary N) is 2. The molecule has 2 fully saturated rings. The molecule has 1 saturated heterocycles. The van der Waals surface area contributed by atoms with Gasteiger partial charge in [0.1, 0.15) is 10.4 Å². The molecule has 1 aliphatic heterocycles. The minimum atomic E-state index is -1.19. The summed E-state index contributed by atoms with van der Waals surface area (Å²) in [7, 11) is 0. The number of anilines is 1. The van der Waals surface area contributed by atoms with Gasteiger partial charge < -0.3 is 20.6 Å². The molecule has 1 heterocycles. The second-order valence-corrected chi connectivity index (χ2v) is 11.4. The van der Waals surface area contributed by atoms with Crippen LogP contribution in [0.3, 0.4) is 0 Å². The lowest BCUT2D eigenvalue weighted by Gasteiger charge is -2.37. The third kappa shape index (κ3) is 5.53. The summed E-state index contributed by atoms with van der Waals surface area (Å²) in [6.45, 7) is 2.51. The highest BCUT2D eigenvalue weighted by molar-refractivity contribution is 6.53. The van der Waals surface area contributed by atoms with Crippen LogP contribution in [0.15, 0.2) is 54.6 Å². The molecule has 3 amide bonds. The zero-order valence-electron chi connectivity index (χ0n) is 20.3. The summed E-state index contributed by atoms with van der Waals surface area (Å²) in [6, 6.07) is 17.5. The van der Waals surface area contributed by atoms with Gasteiger partial charge in [0.05, 0.1) is 16.9 Å². The average molecular weight is 543 g/mol. The van der Waals surface area contributed by atoms with Gasteiger partial charge >= 0.3 is 12.0 Å². The number of hydrogen-bond donors (Lipinski definition) is 3. The lowest BCUT2D eigenvalue weighted by atomic mass is 9.74. The van der Waals surface area contributed by atoms with Gasteiger partial charge in [0.15, 0.2) is 0 Å². The van der Waals surface area contributed by atoms with Crippen LogP contribution in [0, 0.1) is 16.7 Å². The summed E-state index contributed by atoms with van der Waals surface area (Å²) in [6.07, 6.45) is 1.42. The van der Waals surface area contributed by atoms with Crippen LogP contribution in [0.5, 0.6) is 0 Å². The maximum Gasteiger partial charge on any atom is 0.326 e. The fraction of sp³-hybridized carbons (Fsp3) is 0.407. The summed E-state index contributed by atoms with van der Waals surface area (Å²) in [4.78, 5) is 38.7. The Balaban J connectivity index is 1.32. The van der Waals surface area contributed by atoms with Crippen molar-refractivity contribution in [3.63, 3.8) is 0 Å². The first-order valence-corrected chi connectivity index (χ1v) is 12.8. The van der Waals surface area contributed by atoms with Crippen LogP contribution in [-0.2, 0) is 21.4 Å². The van der Waals surface area contributed by atoms with E-state index in [0.717, 1.165) is 5.56 Å². The van der Waals surface area contributed by atoms with Gasteiger partial charge in [-0.2, -0.15) is 5.26 Å². The molecular weight excluding hydrogens is 515 g/mol. The number of nitrogens with zero attached hydrogens (tertiary/aromatic N) is 2. The fourth-order valence-electron chi connectivity index (χ4n) is 4.64. The van der Waals surface area contributed by atoms with E-state index in [1.807, 2.05) is 30.3 Å². The zero-order valence-corrected chi connectivity index (χ0v) is 21.9. The Morgan fingerprint density at radius 1 is 1.08 bits per heavy atom. The predicted molar refractivity (Wildman–Crippen MR) is 140 cm³/mol. The smallest absolute Gasteiger partial charge is 0.326 e. The maximum atomic E-state index is 12.8. The second kappa shape index (κ2) is 10.2. The van der Waals surface area contributed by atoms with Crippen molar-refractivity contribution in [1.82, 2.24) is 10.2 Å². The van der Waals surface area contributed by atoms with E-state index in [9.17, 15) is 24.8 Å². The summed E-state index contributed by atoms with van der Waals surface area (Å²) in [5, 5.41) is 24.8. The Morgan fingerprint density at radius 2 is 1.68 bits per heavy atom. The van der Waals surface area contributed by atoms with E-state index in [1.54, 1.807) is 36.1 Å². The Hall–Kier alpha value is -3.28. The molecule has 4 rings (SSSR count). The molecule has 2 atom stereocenters. The Morgan fingerprint density at radius 3 is 2.19 bits per heavy atom. The number of nitriles is 1. The van der Waals surface area contributed by atoms with Crippen molar-refractivity contribution in [2.24, 2.45) is 5.41 Å². The molecule has 1 aliphatic carbocycles. The van der Waals surface area contributed by atoms with Gasteiger partial charge in [-0.15, -0.1) is 23.2 Å². The normalized spacial score (nSPS) is 22.3. The number of carbonyl (C=O) groups is 3. The first-order chi connectivity index (χ1) is 17.5. The van der Waals surface area contributed by atoms with Crippen molar-refractivity contribution in [1.29, 1.82) is 5.26 Å². The highest BCUT2D eigenvalue weighted by Crippen LogP contribution is 2.63. The van der Waals surface area contributed by atoms with E-state index in [2.05, 4.69) is 16.7 Å². The van der Waals surface area contributed by atoms with Gasteiger partial charge in [-0.25, -0.2) is 9.59 Å². The topological polar surface area (TPSA) is 123 Å². The van der Waals surface area contributed by atoms with E-state index in [0.29, 0.717) is 37.2 Å². The van der Waals surface area contributed by atoms with Crippen molar-refractivity contribution in [3.8, 4) is 6.07 Å². The molecule has 0 spiro atoms. The van der Waals surface area contributed by atoms with Crippen molar-refractivity contribution < 1.29 is 19.5 Å². The third-order valence-electron chi connectivity index (χ3n) is 7.45. The molecule has 2 aromatic rings. The number of alkyl halides is 2. The van der Waals surface area contributed by atoms with Crippen molar-refractivity contribution in [2.75, 3.05) is 18.4 Å². The van der Waals surface area contributed by atoms with Gasteiger partial charge in [0.25, 0.3) is 0 Å². The lowest BCUT2D eigenvalue weighted by molar-refractivity contribution is -0.142. The van der Waals surface area contributed by atoms with Crippen molar-refractivity contribution in [2.45, 2.75) is 48.4 Å². The number of hydrogen-bond acceptors (Lipinski definition) is 4. The number of rotatable bonds is 7. The number of carboxylic acids is 1. The van der Waals surface area contributed by atoms with Crippen molar-refractivity contribution in [3.05, 3.63) is 65.7 Å². The Labute approximate surface area is 225 Å². The molecule has 37 heavy (non-hydrogen) atoms. The number of benzene rings is 2. The summed E-state index contributed by atoms with van der Waals surface area (Å²) in [5.41, 5.74) is 0.598. The highest BCUT2D eigenvalue weighted by atomic mass is 35.5. The van der Waals surface area contributed by atoms with Gasteiger partial charge in [-0.05, 0) is 49.4 Å². The number of amides is 3. The van der Waals surface area contributed by atoms with Crippen LogP contribution >= 0.6 is 23.2 Å². The summed E-state index contributed by atoms with van der Waals surface area (Å²) >= 11 is 12.1. The van der Waals surface area contributed by atoms with E-state index in [1.165, 1.54) is 0 Å². The summed E-state index contributed by atoms with van der Waals surface area (Å²) in [5.74, 6) is -1.67. The number of carboxylic acid groups (broad SMARTS) is 1. The first kappa shape index (κ1) is 26.8. The number of urea groups is 1. The molecule has 194 valence electrons. The Kier molecular flexibility index (Phi) is 7.40. The Bertz CT molecular complexity index is 1220. The molecule has 2 aromatic carbocycles. The number of halogens is 2. The molecule has 2 aliphatic rings. The first-order valence-electron chi connectivity index (χ1n) is 12.0. The molecule has 10 heteroatoms. The van der Waals surface area contributed by atoms with Crippen LogP contribution < -0.4 is 10.6 Å². The van der Waals surface area contributed by atoms with Crippen LogP contribution in [0.2, 0.25) is 0 Å². The largest absolute Gasteiger partial charge is 0.480 e. The molecule has 1 saturated carbocycles. The minimum Gasteiger partial charge on any atom is -0.480 e. The van der Waals surface area contributed by atoms with Crippen LogP contribution in [0.4, 0.5) is 10.5 Å². The second-order valence-electron chi connectivity index (χ2n) is 9.96. The number of aliphatic carboxylic acids is 1. The number of likely N-dealkylation sites (tertiary alicyclic amines) is 1. The minimum absolute atomic E-state index is 0.0603. The van der Waals surface area contributed by atoms with Crippen LogP contribution in [0.25, 0.3) is 0 Å². The van der Waals surface area contributed by atoms with Crippen LogP contribution in [-0.4, -0.2) is 51.4 Å². The molecule has 3 N–H and O–H groups in total. The summed E-state index contributed by atoms with van der Waals surface area (Å²) < 4.78 is -1.19. The average Bonchev–Trinajstić information content (AvgIpc) is 3.43. The van der Waals surface area contributed by atoms with Gasteiger partial charge in [-0.3, -0.25) is 4.79 Å². The van der Waals surface area contributed by atoms with Crippen LogP contribution in [0.1, 0.15) is 37.3 Å². The maximum absolute atomic E-state index is 12.8. The van der Waals surface area contributed by atoms with E-state index in [4.69, 9.17) is 23.2 Å². The predicted octanol–water partition coefficient (Wildman–Crippen LogP) is 4.47. The van der Waals surface area contributed by atoms with Gasteiger partial charge in [0.2, 0.25) is 5.91 Å². The lowest BCUT2D eigenvalue weighted by Crippen LogP contribution is -2.46. The molecule has 0 bridgehead atoms. The molecule has 0 aromatic heterocycles. The SMILES string of the molecule is CC1(C(=O)NC(Cc2ccc(NC(=O)N3CCC(C#N)(c4ccccc4)CC3)cc2)C(=O)O)CC1(Cl)Cl. The molecule has 8 nitrogen and oxygen atoms in total. The number of carbonyl (C=O) groups excluding carboxylic acids is 2. The standard InChI is InChI=1S/C27H28Cl2N4O4/c1-25(16-27(25,28)29)23(36)32-21(22(34)35)15-18-7-9-20(10-8-18)31-24(37)33-13-11-26(17-30,12-14-33)19-5-3-2-4-6-19/h2-10,21H,11-16H2,1H3,(H,31,37)(H,32,36)(H,34,35). The van der Waals surface area contributed by atoms with Gasteiger partial charge in [-0.1, -0.05) is 42.5 Å². The van der Waals surface area contributed by atoms with Crippen molar-refractivity contribution >= 4 is 46.8 Å². The van der Waals surface area contributed by atoms with E-state index >= 15 is 0 Å². The molecule has 2 unspecified atom stereocenters. The fourth-order valence-corrected chi connectivity index (χ4v) is 5.35. The molecule has 0 radical (unpaired) electrons. The van der Waals surface area contributed by atoms with E-state index in [-0.39, 0.29) is 18.9 Å². The molecular formula is C27H28Cl2N4O4. The quantitative estimate of drug-likeness (QED) is 0.445. The highest BCUT2D eigenvalue weighted by Gasteiger charge is 2.68. The third-order valence-corrected chi connectivity index (χ3v) is 8.55. The van der Waals surface area contributed by atoms with E-state index < -0.39 is 33.1 Å². The monoisotopic (exact) mass is 542 g/mol. The zero-order chi connectivity index (χ0) is 26.8.